The van der Waals surface area contributed by atoms with Crippen molar-refractivity contribution in [1.29, 1.82) is 0 Å². The van der Waals surface area contributed by atoms with Gasteiger partial charge in [0.2, 0.25) is 11.8 Å². The van der Waals surface area contributed by atoms with E-state index >= 15 is 0 Å². The third kappa shape index (κ3) is 3.82. The predicted molar refractivity (Wildman–Crippen MR) is 97.1 cm³/mol. The second kappa shape index (κ2) is 7.36. The molecule has 1 aromatic carbocycles. The zero-order chi connectivity index (χ0) is 17.9. The molecule has 26 heavy (non-hydrogen) atoms. The predicted octanol–water partition coefficient (Wildman–Crippen LogP) is 2.94. The summed E-state index contributed by atoms with van der Waals surface area (Å²) < 4.78 is 5.28. The SMILES string of the molecule is O=C(NCc1ccco1)[C@@H]1C[C@H](c2ccccc2)CN(C(=O)C2CC2)C1. The summed E-state index contributed by atoms with van der Waals surface area (Å²) in [5, 5.41) is 2.96. The van der Waals surface area contributed by atoms with E-state index in [1.165, 1.54) is 5.56 Å². The van der Waals surface area contributed by atoms with Crippen LogP contribution >= 0.6 is 0 Å². The highest BCUT2D eigenvalue weighted by Gasteiger charge is 2.39. The van der Waals surface area contributed by atoms with Crippen LogP contribution in [0.1, 0.15) is 36.5 Å². The van der Waals surface area contributed by atoms with Gasteiger partial charge in [-0.05, 0) is 37.0 Å². The van der Waals surface area contributed by atoms with Crippen LogP contribution in [0.5, 0.6) is 0 Å². The van der Waals surface area contributed by atoms with Gasteiger partial charge in [-0.1, -0.05) is 30.3 Å². The maximum Gasteiger partial charge on any atom is 0.225 e. The van der Waals surface area contributed by atoms with Crippen LogP contribution in [0.25, 0.3) is 0 Å². The number of likely N-dealkylation sites (tertiary alicyclic amines) is 1. The summed E-state index contributed by atoms with van der Waals surface area (Å²) in [7, 11) is 0. The van der Waals surface area contributed by atoms with Gasteiger partial charge in [0.25, 0.3) is 0 Å². The van der Waals surface area contributed by atoms with E-state index in [4.69, 9.17) is 4.42 Å². The number of nitrogens with one attached hydrogen (secondary N) is 1. The molecular formula is C21H24N2O3. The van der Waals surface area contributed by atoms with Crippen molar-refractivity contribution < 1.29 is 14.0 Å². The Hall–Kier alpha value is -2.56. The fourth-order valence-corrected chi connectivity index (χ4v) is 3.76. The first-order valence-corrected chi connectivity index (χ1v) is 9.34. The number of benzene rings is 1. The zero-order valence-corrected chi connectivity index (χ0v) is 14.8. The van der Waals surface area contributed by atoms with Crippen molar-refractivity contribution in [3.63, 3.8) is 0 Å². The Kier molecular flexibility index (Phi) is 4.78. The molecule has 2 atom stereocenters. The Bertz CT molecular complexity index is 753. The van der Waals surface area contributed by atoms with Gasteiger partial charge in [-0.3, -0.25) is 9.59 Å². The van der Waals surface area contributed by atoms with Gasteiger partial charge in [0.05, 0.1) is 18.7 Å². The van der Waals surface area contributed by atoms with Gasteiger partial charge < -0.3 is 14.6 Å². The molecule has 1 aliphatic carbocycles. The average molecular weight is 352 g/mol. The largest absolute Gasteiger partial charge is 0.467 e. The van der Waals surface area contributed by atoms with Crippen LogP contribution in [0.2, 0.25) is 0 Å². The number of carbonyl (C=O) groups excluding carboxylic acids is 2. The summed E-state index contributed by atoms with van der Waals surface area (Å²) in [6.07, 6.45) is 4.34. The second-order valence-electron chi connectivity index (χ2n) is 7.35. The summed E-state index contributed by atoms with van der Waals surface area (Å²) in [6, 6.07) is 13.9. The van der Waals surface area contributed by atoms with E-state index in [-0.39, 0.29) is 29.6 Å². The van der Waals surface area contributed by atoms with Crippen LogP contribution in [-0.2, 0) is 16.1 Å². The molecule has 2 fully saturated rings. The summed E-state index contributed by atoms with van der Waals surface area (Å²) in [5.41, 5.74) is 1.20. The lowest BCUT2D eigenvalue weighted by Crippen LogP contribution is -2.48. The van der Waals surface area contributed by atoms with E-state index in [0.717, 1.165) is 25.0 Å². The van der Waals surface area contributed by atoms with E-state index in [1.807, 2.05) is 35.2 Å². The highest BCUT2D eigenvalue weighted by Crippen LogP contribution is 2.36. The summed E-state index contributed by atoms with van der Waals surface area (Å²) >= 11 is 0. The van der Waals surface area contributed by atoms with Crippen molar-refractivity contribution in [3.8, 4) is 0 Å². The van der Waals surface area contributed by atoms with Gasteiger partial charge in [-0.15, -0.1) is 0 Å². The Balaban J connectivity index is 1.47. The maximum absolute atomic E-state index is 12.7. The quantitative estimate of drug-likeness (QED) is 0.900. The number of piperidine rings is 1. The first kappa shape index (κ1) is 16.9. The van der Waals surface area contributed by atoms with Gasteiger partial charge in [0, 0.05) is 24.9 Å². The van der Waals surface area contributed by atoms with Crippen LogP contribution in [0, 0.1) is 11.8 Å². The number of carbonyl (C=O) groups is 2. The van der Waals surface area contributed by atoms with E-state index in [9.17, 15) is 9.59 Å². The van der Waals surface area contributed by atoms with E-state index in [2.05, 4.69) is 17.4 Å². The van der Waals surface area contributed by atoms with Crippen molar-refractivity contribution in [2.24, 2.45) is 11.8 Å². The lowest BCUT2D eigenvalue weighted by Gasteiger charge is -2.37. The van der Waals surface area contributed by atoms with Crippen molar-refractivity contribution in [3.05, 3.63) is 60.1 Å². The zero-order valence-electron chi connectivity index (χ0n) is 14.8. The number of furan rings is 1. The maximum atomic E-state index is 12.7. The summed E-state index contributed by atoms with van der Waals surface area (Å²) in [4.78, 5) is 27.3. The molecular weight excluding hydrogens is 328 g/mol. The van der Waals surface area contributed by atoms with Crippen LogP contribution in [0.3, 0.4) is 0 Å². The van der Waals surface area contributed by atoms with Crippen molar-refractivity contribution >= 4 is 11.8 Å². The normalized spacial score (nSPS) is 22.8. The van der Waals surface area contributed by atoms with Gasteiger partial charge >= 0.3 is 0 Å². The van der Waals surface area contributed by atoms with Crippen molar-refractivity contribution in [1.82, 2.24) is 10.2 Å². The Labute approximate surface area is 153 Å². The summed E-state index contributed by atoms with van der Waals surface area (Å²) in [6.45, 7) is 1.61. The molecule has 2 aromatic rings. The Morgan fingerprint density at radius 3 is 2.54 bits per heavy atom. The fraction of sp³-hybridized carbons (Fsp3) is 0.429. The Morgan fingerprint density at radius 1 is 1.04 bits per heavy atom. The molecule has 2 aliphatic rings. The van der Waals surface area contributed by atoms with Crippen molar-refractivity contribution in [2.75, 3.05) is 13.1 Å². The van der Waals surface area contributed by atoms with Gasteiger partial charge in [-0.25, -0.2) is 0 Å². The molecule has 1 saturated carbocycles. The number of amides is 2. The fourth-order valence-electron chi connectivity index (χ4n) is 3.76. The molecule has 0 spiro atoms. The molecule has 1 aliphatic heterocycles. The lowest BCUT2D eigenvalue weighted by molar-refractivity contribution is -0.137. The van der Waals surface area contributed by atoms with Gasteiger partial charge in [0.1, 0.15) is 5.76 Å². The molecule has 136 valence electrons. The van der Waals surface area contributed by atoms with Crippen molar-refractivity contribution in [2.45, 2.75) is 31.7 Å². The number of hydrogen-bond donors (Lipinski definition) is 1. The second-order valence-corrected chi connectivity index (χ2v) is 7.35. The van der Waals surface area contributed by atoms with Crippen LogP contribution in [0.15, 0.2) is 53.1 Å². The molecule has 4 rings (SSSR count). The number of nitrogens with zero attached hydrogens (tertiary/aromatic N) is 1. The van der Waals surface area contributed by atoms with Crippen LogP contribution < -0.4 is 5.32 Å². The first-order chi connectivity index (χ1) is 12.7. The molecule has 0 radical (unpaired) electrons. The molecule has 1 saturated heterocycles. The number of hydrogen-bond acceptors (Lipinski definition) is 3. The molecule has 0 bridgehead atoms. The molecule has 5 nitrogen and oxygen atoms in total. The molecule has 5 heteroatoms. The Morgan fingerprint density at radius 2 is 1.85 bits per heavy atom. The minimum absolute atomic E-state index is 0.00405. The van der Waals surface area contributed by atoms with Gasteiger partial charge in [0.15, 0.2) is 0 Å². The third-order valence-electron chi connectivity index (χ3n) is 5.35. The molecule has 2 amide bonds. The first-order valence-electron chi connectivity index (χ1n) is 9.34. The summed E-state index contributed by atoms with van der Waals surface area (Å²) in [5.74, 6) is 1.14. The van der Waals surface area contributed by atoms with E-state index in [0.29, 0.717) is 19.6 Å². The smallest absolute Gasteiger partial charge is 0.225 e. The highest BCUT2D eigenvalue weighted by atomic mass is 16.3. The minimum atomic E-state index is -0.188. The lowest BCUT2D eigenvalue weighted by atomic mass is 9.84. The molecule has 1 aromatic heterocycles. The third-order valence-corrected chi connectivity index (χ3v) is 5.35. The molecule has 0 unspecified atom stereocenters. The van der Waals surface area contributed by atoms with E-state index < -0.39 is 0 Å². The topological polar surface area (TPSA) is 62.6 Å². The highest BCUT2D eigenvalue weighted by molar-refractivity contribution is 5.83. The van der Waals surface area contributed by atoms with Crippen LogP contribution in [-0.4, -0.2) is 29.8 Å². The standard InChI is InChI=1S/C21H24N2O3/c24-20(22-12-19-7-4-10-26-19)18-11-17(15-5-2-1-3-6-15)13-23(14-18)21(25)16-8-9-16/h1-7,10,16-18H,8-9,11-14H2,(H,22,24)/t17-,18+/m0/s1. The van der Waals surface area contributed by atoms with Crippen LogP contribution in [0.4, 0.5) is 0 Å². The minimum Gasteiger partial charge on any atom is -0.467 e. The average Bonchev–Trinajstić information content (AvgIpc) is 3.41. The molecule has 2 heterocycles. The van der Waals surface area contributed by atoms with E-state index in [1.54, 1.807) is 6.26 Å². The van der Waals surface area contributed by atoms with Gasteiger partial charge in [-0.2, -0.15) is 0 Å². The number of rotatable bonds is 5. The monoisotopic (exact) mass is 352 g/mol. The molecule has 1 N–H and O–H groups in total.